The first kappa shape index (κ1) is 15.9. The van der Waals surface area contributed by atoms with Crippen molar-refractivity contribution in [2.45, 2.75) is 37.8 Å². The zero-order chi connectivity index (χ0) is 17.1. The third-order valence-electron chi connectivity index (χ3n) is 4.73. The molecule has 0 aliphatic heterocycles. The molecule has 0 spiro atoms. The Hall–Kier alpha value is -2.62. The van der Waals surface area contributed by atoms with Gasteiger partial charge < -0.3 is 0 Å². The van der Waals surface area contributed by atoms with E-state index in [4.69, 9.17) is 0 Å². The summed E-state index contributed by atoms with van der Waals surface area (Å²) in [7, 11) is 0. The minimum absolute atomic E-state index is 0.235. The van der Waals surface area contributed by atoms with Crippen LogP contribution in [0.5, 0.6) is 0 Å². The Kier molecular flexibility index (Phi) is 4.51. The maximum atomic E-state index is 14.5. The van der Waals surface area contributed by atoms with Gasteiger partial charge in [0.15, 0.2) is 11.6 Å². The zero-order valence-corrected chi connectivity index (χ0v) is 14.0. The summed E-state index contributed by atoms with van der Waals surface area (Å²) in [6.45, 7) is 0. The molecule has 1 aromatic heterocycles. The largest absolute Gasteiger partial charge is 0.247 e. The Balaban J connectivity index is 1.83. The first-order valence-electron chi connectivity index (χ1n) is 8.82. The summed E-state index contributed by atoms with van der Waals surface area (Å²) < 4.78 is 14.5. The van der Waals surface area contributed by atoms with Crippen molar-refractivity contribution >= 4 is 0 Å². The van der Waals surface area contributed by atoms with Gasteiger partial charge in [-0.1, -0.05) is 73.5 Å². The average molecular weight is 333 g/mol. The van der Waals surface area contributed by atoms with Gasteiger partial charge in [-0.05, 0) is 12.8 Å². The quantitative estimate of drug-likeness (QED) is 0.661. The van der Waals surface area contributed by atoms with Crippen molar-refractivity contribution in [1.29, 1.82) is 0 Å². The maximum Gasteiger partial charge on any atom is 0.163 e. The molecule has 1 fully saturated rings. The Morgan fingerprint density at radius 2 is 1.20 bits per heavy atom. The fourth-order valence-corrected chi connectivity index (χ4v) is 3.37. The maximum absolute atomic E-state index is 14.5. The molecule has 126 valence electrons. The second-order valence-electron chi connectivity index (χ2n) is 6.48. The van der Waals surface area contributed by atoms with Crippen LogP contribution in [-0.4, -0.2) is 21.1 Å². The van der Waals surface area contributed by atoms with E-state index < -0.39 is 6.17 Å². The van der Waals surface area contributed by atoms with Gasteiger partial charge in [0.2, 0.25) is 0 Å². The molecule has 1 heterocycles. The third kappa shape index (κ3) is 3.43. The van der Waals surface area contributed by atoms with Crippen LogP contribution in [0.4, 0.5) is 4.39 Å². The molecule has 1 aliphatic carbocycles. The van der Waals surface area contributed by atoms with E-state index in [1.165, 1.54) is 0 Å². The molecule has 4 heteroatoms. The van der Waals surface area contributed by atoms with Crippen molar-refractivity contribution in [1.82, 2.24) is 15.0 Å². The molecule has 0 amide bonds. The van der Waals surface area contributed by atoms with Crippen molar-refractivity contribution in [3.05, 3.63) is 66.5 Å². The number of hydrogen-bond donors (Lipinski definition) is 0. The van der Waals surface area contributed by atoms with Gasteiger partial charge in [-0.15, -0.1) is 0 Å². The number of rotatable bonds is 3. The molecule has 0 N–H and O–H groups in total. The van der Waals surface area contributed by atoms with Gasteiger partial charge in [0.1, 0.15) is 12.0 Å². The summed E-state index contributed by atoms with van der Waals surface area (Å²) in [5.41, 5.74) is 1.85. The lowest BCUT2D eigenvalue weighted by Crippen LogP contribution is -2.21. The highest BCUT2D eigenvalue weighted by atomic mass is 19.1. The Morgan fingerprint density at radius 1 is 0.680 bits per heavy atom. The molecule has 1 aliphatic rings. The third-order valence-corrected chi connectivity index (χ3v) is 4.73. The van der Waals surface area contributed by atoms with Crippen molar-refractivity contribution in [3.8, 4) is 22.8 Å². The van der Waals surface area contributed by atoms with E-state index in [0.717, 1.165) is 30.4 Å². The molecule has 25 heavy (non-hydrogen) atoms. The zero-order valence-electron chi connectivity index (χ0n) is 14.0. The SMILES string of the molecule is FC1CCCCC1c1nc(-c2ccccc2)nc(-c2ccccc2)n1. The highest BCUT2D eigenvalue weighted by Crippen LogP contribution is 2.34. The average Bonchev–Trinajstić information content (AvgIpc) is 2.69. The topological polar surface area (TPSA) is 38.7 Å². The normalized spacial score (nSPS) is 20.4. The standard InChI is InChI=1S/C21H20FN3/c22-18-14-8-7-13-17(18)21-24-19(15-9-3-1-4-10-15)23-20(25-21)16-11-5-2-6-12-16/h1-6,9-12,17-18H,7-8,13-14H2. The van der Waals surface area contributed by atoms with Gasteiger partial charge in [-0.2, -0.15) is 0 Å². The fraction of sp³-hybridized carbons (Fsp3) is 0.286. The smallest absolute Gasteiger partial charge is 0.163 e. The van der Waals surface area contributed by atoms with Gasteiger partial charge in [-0.25, -0.2) is 19.3 Å². The van der Waals surface area contributed by atoms with Crippen LogP contribution >= 0.6 is 0 Å². The summed E-state index contributed by atoms with van der Waals surface area (Å²) in [4.78, 5) is 13.9. The molecular weight excluding hydrogens is 313 g/mol. The molecule has 0 saturated heterocycles. The van der Waals surface area contributed by atoms with E-state index in [0.29, 0.717) is 23.9 Å². The molecule has 1 saturated carbocycles. The van der Waals surface area contributed by atoms with E-state index in [1.54, 1.807) is 0 Å². The number of hydrogen-bond acceptors (Lipinski definition) is 3. The summed E-state index contributed by atoms with van der Waals surface area (Å²) in [5.74, 6) is 1.58. The highest BCUT2D eigenvalue weighted by molar-refractivity contribution is 5.60. The predicted molar refractivity (Wildman–Crippen MR) is 96.8 cm³/mol. The van der Waals surface area contributed by atoms with Gasteiger partial charge in [0.05, 0.1) is 5.92 Å². The first-order valence-corrected chi connectivity index (χ1v) is 8.82. The molecule has 0 bridgehead atoms. The van der Waals surface area contributed by atoms with E-state index in [1.807, 2.05) is 60.7 Å². The molecule has 3 aromatic rings. The van der Waals surface area contributed by atoms with Crippen molar-refractivity contribution in [2.75, 3.05) is 0 Å². The van der Waals surface area contributed by atoms with Crippen LogP contribution < -0.4 is 0 Å². The summed E-state index contributed by atoms with van der Waals surface area (Å²) in [6, 6.07) is 19.6. The summed E-state index contributed by atoms with van der Waals surface area (Å²) >= 11 is 0. The van der Waals surface area contributed by atoms with Gasteiger partial charge in [-0.3, -0.25) is 0 Å². The molecular formula is C21H20FN3. The van der Waals surface area contributed by atoms with Crippen molar-refractivity contribution in [2.24, 2.45) is 0 Å². The Bertz CT molecular complexity index is 779. The van der Waals surface area contributed by atoms with Crippen LogP contribution in [0.1, 0.15) is 37.4 Å². The minimum Gasteiger partial charge on any atom is -0.247 e. The molecule has 4 rings (SSSR count). The number of alkyl halides is 1. The van der Waals surface area contributed by atoms with Crippen molar-refractivity contribution in [3.63, 3.8) is 0 Å². The molecule has 0 radical (unpaired) electrons. The summed E-state index contributed by atoms with van der Waals surface area (Å²) in [5, 5.41) is 0. The second kappa shape index (κ2) is 7.09. The highest BCUT2D eigenvalue weighted by Gasteiger charge is 2.29. The second-order valence-corrected chi connectivity index (χ2v) is 6.48. The number of nitrogens with zero attached hydrogens (tertiary/aromatic N) is 3. The molecule has 2 atom stereocenters. The number of halogens is 1. The number of benzene rings is 2. The monoisotopic (exact) mass is 333 g/mol. The molecule has 2 unspecified atom stereocenters. The lowest BCUT2D eigenvalue weighted by Gasteiger charge is -2.25. The van der Waals surface area contributed by atoms with Crippen molar-refractivity contribution < 1.29 is 4.39 Å². The van der Waals surface area contributed by atoms with Gasteiger partial charge >= 0.3 is 0 Å². The van der Waals surface area contributed by atoms with Gasteiger partial charge in [0, 0.05) is 11.1 Å². The lowest BCUT2D eigenvalue weighted by atomic mass is 9.87. The predicted octanol–water partition coefficient (Wildman–Crippen LogP) is 5.20. The van der Waals surface area contributed by atoms with Gasteiger partial charge in [0.25, 0.3) is 0 Å². The van der Waals surface area contributed by atoms with E-state index in [2.05, 4.69) is 15.0 Å². The van der Waals surface area contributed by atoms with Crippen LogP contribution in [0.2, 0.25) is 0 Å². The minimum atomic E-state index is -0.872. The fourth-order valence-electron chi connectivity index (χ4n) is 3.37. The van der Waals surface area contributed by atoms with Crippen LogP contribution in [0.25, 0.3) is 22.8 Å². The van der Waals surface area contributed by atoms with E-state index >= 15 is 0 Å². The summed E-state index contributed by atoms with van der Waals surface area (Å²) in [6.07, 6.45) is 2.49. The number of aromatic nitrogens is 3. The Labute approximate surface area is 147 Å². The van der Waals surface area contributed by atoms with Crippen LogP contribution in [0.3, 0.4) is 0 Å². The van der Waals surface area contributed by atoms with E-state index in [-0.39, 0.29) is 5.92 Å². The molecule has 2 aromatic carbocycles. The molecule has 3 nitrogen and oxygen atoms in total. The Morgan fingerprint density at radius 3 is 1.72 bits per heavy atom. The van der Waals surface area contributed by atoms with E-state index in [9.17, 15) is 4.39 Å². The van der Waals surface area contributed by atoms with Crippen LogP contribution in [0.15, 0.2) is 60.7 Å². The lowest BCUT2D eigenvalue weighted by molar-refractivity contribution is 0.210. The van der Waals surface area contributed by atoms with Crippen LogP contribution in [-0.2, 0) is 0 Å². The van der Waals surface area contributed by atoms with Crippen LogP contribution in [0, 0.1) is 0 Å². The first-order chi connectivity index (χ1) is 12.3.